The van der Waals surface area contributed by atoms with Crippen LogP contribution in [-0.2, 0) is 4.74 Å². The van der Waals surface area contributed by atoms with Gasteiger partial charge in [0.05, 0.1) is 9.52 Å². The summed E-state index contributed by atoms with van der Waals surface area (Å²) in [5, 5.41) is 0.285. The molecule has 0 bridgehead atoms. The van der Waals surface area contributed by atoms with Crippen molar-refractivity contribution in [3.05, 3.63) is 0 Å². The van der Waals surface area contributed by atoms with E-state index in [1.165, 1.54) is 25.3 Å². The van der Waals surface area contributed by atoms with Gasteiger partial charge in [0.15, 0.2) is 0 Å². The number of alkyl halides is 1. The van der Waals surface area contributed by atoms with E-state index in [9.17, 15) is 0 Å². The van der Waals surface area contributed by atoms with Gasteiger partial charge >= 0.3 is 0 Å². The van der Waals surface area contributed by atoms with Gasteiger partial charge in [-0.1, -0.05) is 0 Å². The first-order valence-electron chi connectivity index (χ1n) is 4.47. The van der Waals surface area contributed by atoms with Crippen LogP contribution in [0.3, 0.4) is 0 Å². The minimum Gasteiger partial charge on any atom is -0.379 e. The van der Waals surface area contributed by atoms with Crippen molar-refractivity contribution in [2.75, 3.05) is 12.5 Å². The minimum absolute atomic E-state index is 0.0851. The second-order valence-corrected chi connectivity index (χ2v) is 6.63. The number of hydrogen-bond acceptors (Lipinski definition) is 1. The van der Waals surface area contributed by atoms with E-state index in [-0.39, 0.29) is 14.7 Å². The van der Waals surface area contributed by atoms with E-state index in [1.54, 1.807) is 0 Å². The Hall–Kier alpha value is 0.467. The lowest BCUT2D eigenvalue weighted by Crippen LogP contribution is -2.39. The molecule has 1 unspecified atom stereocenters. The first kappa shape index (κ1) is 9.55. The topological polar surface area (TPSA) is 9.23 Å². The van der Waals surface area contributed by atoms with Gasteiger partial charge in [0, 0.05) is 17.7 Å². The monoisotopic (exact) mass is 192 g/mol. The van der Waals surface area contributed by atoms with Crippen LogP contribution in [0.4, 0.5) is 0 Å². The molecule has 0 aromatic heterocycles. The zero-order valence-electron chi connectivity index (χ0n) is 7.24. The lowest BCUT2D eigenvalue weighted by atomic mass is 10.1. The van der Waals surface area contributed by atoms with Crippen LogP contribution in [0.25, 0.3) is 0 Å². The van der Waals surface area contributed by atoms with Gasteiger partial charge in [0.1, 0.15) is 0 Å². The van der Waals surface area contributed by atoms with Gasteiger partial charge in [0.25, 0.3) is 0 Å². The Balaban J connectivity index is 2.25. The Morgan fingerprint density at radius 3 is 2.91 bits per heavy atom. The van der Waals surface area contributed by atoms with E-state index < -0.39 is 0 Å². The fourth-order valence-corrected chi connectivity index (χ4v) is 3.70. The zero-order chi connectivity index (χ0) is 8.16. The summed E-state index contributed by atoms with van der Waals surface area (Å²) in [7, 11) is -0.0851. The molecule has 1 aliphatic heterocycles. The third-order valence-corrected chi connectivity index (χ3v) is 5.43. The molecule has 66 valence electrons. The van der Waals surface area contributed by atoms with Crippen LogP contribution >= 0.6 is 11.6 Å². The molecule has 0 aromatic carbocycles. The molecule has 1 nitrogen and oxygen atoms in total. The van der Waals surface area contributed by atoms with Gasteiger partial charge in [-0.05, 0) is 32.2 Å². The summed E-state index contributed by atoms with van der Waals surface area (Å²) in [6, 6.07) is 1.22. The molecule has 0 aromatic rings. The van der Waals surface area contributed by atoms with Crippen LogP contribution in [0.2, 0.25) is 6.04 Å². The van der Waals surface area contributed by atoms with Crippen LogP contribution in [0.1, 0.15) is 26.2 Å². The average Bonchev–Trinajstić information content (AvgIpc) is 2.03. The highest BCUT2D eigenvalue weighted by atomic mass is 35.5. The van der Waals surface area contributed by atoms with Crippen molar-refractivity contribution >= 4 is 21.1 Å². The Kier molecular flexibility index (Phi) is 3.89. The maximum Gasteiger partial charge on any atom is 0.0603 e. The summed E-state index contributed by atoms with van der Waals surface area (Å²) >= 11 is 5.66. The molecule has 0 spiro atoms. The highest BCUT2D eigenvalue weighted by Gasteiger charge is 2.26. The van der Waals surface area contributed by atoms with Crippen molar-refractivity contribution in [1.29, 1.82) is 0 Å². The molecule has 1 fully saturated rings. The van der Waals surface area contributed by atoms with Crippen LogP contribution in [0.5, 0.6) is 0 Å². The highest BCUT2D eigenvalue weighted by Crippen LogP contribution is 2.23. The molecular formula is C8H17ClOSi. The second-order valence-electron chi connectivity index (χ2n) is 3.55. The van der Waals surface area contributed by atoms with E-state index in [1.807, 2.05) is 0 Å². The Morgan fingerprint density at radius 2 is 2.36 bits per heavy atom. The fourth-order valence-electron chi connectivity index (χ4n) is 1.63. The van der Waals surface area contributed by atoms with Gasteiger partial charge in [-0.25, -0.2) is 0 Å². The van der Waals surface area contributed by atoms with Gasteiger partial charge in [0.2, 0.25) is 0 Å². The van der Waals surface area contributed by atoms with Crippen LogP contribution in [-0.4, -0.2) is 27.2 Å². The van der Waals surface area contributed by atoms with E-state index in [0.29, 0.717) is 0 Å². The molecule has 1 aliphatic rings. The first-order chi connectivity index (χ1) is 5.27. The van der Waals surface area contributed by atoms with E-state index >= 15 is 0 Å². The maximum atomic E-state index is 5.77. The van der Waals surface area contributed by atoms with Crippen LogP contribution < -0.4 is 0 Å². The van der Waals surface area contributed by atoms with E-state index in [2.05, 4.69) is 6.92 Å². The summed E-state index contributed by atoms with van der Waals surface area (Å²) < 4.78 is 5.77. The third kappa shape index (κ3) is 3.14. The van der Waals surface area contributed by atoms with E-state index in [0.717, 1.165) is 12.5 Å². The quantitative estimate of drug-likeness (QED) is 0.489. The molecule has 11 heavy (non-hydrogen) atoms. The summed E-state index contributed by atoms with van der Waals surface area (Å²) in [4.78, 5) is 0. The molecule has 1 saturated heterocycles. The molecule has 3 heteroatoms. The van der Waals surface area contributed by atoms with Crippen LogP contribution in [0.15, 0.2) is 0 Å². The molecule has 1 heterocycles. The number of halogens is 1. The summed E-state index contributed by atoms with van der Waals surface area (Å²) in [5.41, 5.74) is 0. The standard InChI is InChI=1S/C8H17ClOSi/c1-8(11-7-5-9)4-2-3-6-10-8/h2-7,11H2,1H3. The van der Waals surface area contributed by atoms with Crippen molar-refractivity contribution in [2.24, 2.45) is 0 Å². The normalized spacial score (nSPS) is 33.3. The lowest BCUT2D eigenvalue weighted by molar-refractivity contribution is -0.00719. The summed E-state index contributed by atoms with van der Waals surface area (Å²) in [6.07, 6.45) is 3.88. The summed E-state index contributed by atoms with van der Waals surface area (Å²) in [6.45, 7) is 3.25. The van der Waals surface area contributed by atoms with Crippen molar-refractivity contribution < 1.29 is 4.74 Å². The van der Waals surface area contributed by atoms with Crippen molar-refractivity contribution in [3.8, 4) is 0 Å². The molecule has 0 radical (unpaired) electrons. The van der Waals surface area contributed by atoms with Crippen molar-refractivity contribution in [3.63, 3.8) is 0 Å². The minimum atomic E-state index is -0.0851. The Labute approximate surface area is 76.3 Å². The molecular weight excluding hydrogens is 176 g/mol. The predicted octanol–water partition coefficient (Wildman–Crippen LogP) is 1.73. The number of ether oxygens (including phenoxy) is 1. The van der Waals surface area contributed by atoms with Gasteiger partial charge in [-0.2, -0.15) is 0 Å². The SMILES string of the molecule is CC1([SiH2]CCCl)CCCCO1. The molecule has 0 aliphatic carbocycles. The molecule has 1 atom stereocenters. The lowest BCUT2D eigenvalue weighted by Gasteiger charge is -2.33. The molecule has 0 saturated carbocycles. The number of rotatable bonds is 3. The molecule has 0 N–H and O–H groups in total. The number of hydrogen-bond donors (Lipinski definition) is 0. The largest absolute Gasteiger partial charge is 0.379 e. The summed E-state index contributed by atoms with van der Waals surface area (Å²) in [5.74, 6) is 0.825. The van der Waals surface area contributed by atoms with Gasteiger partial charge < -0.3 is 4.74 Å². The van der Waals surface area contributed by atoms with Gasteiger partial charge in [-0.3, -0.25) is 0 Å². The maximum absolute atomic E-state index is 5.77. The zero-order valence-corrected chi connectivity index (χ0v) is 9.41. The average molecular weight is 193 g/mol. The Bertz CT molecular complexity index is 113. The predicted molar refractivity (Wildman–Crippen MR) is 52.3 cm³/mol. The first-order valence-corrected chi connectivity index (χ1v) is 6.71. The van der Waals surface area contributed by atoms with E-state index in [4.69, 9.17) is 16.3 Å². The molecule has 1 rings (SSSR count). The smallest absolute Gasteiger partial charge is 0.0603 e. The Morgan fingerprint density at radius 1 is 1.55 bits per heavy atom. The van der Waals surface area contributed by atoms with Crippen molar-refractivity contribution in [1.82, 2.24) is 0 Å². The molecule has 0 amide bonds. The third-order valence-electron chi connectivity index (χ3n) is 2.39. The van der Waals surface area contributed by atoms with Crippen LogP contribution in [0, 0.1) is 0 Å². The second kappa shape index (κ2) is 4.48. The van der Waals surface area contributed by atoms with Gasteiger partial charge in [-0.15, -0.1) is 11.6 Å². The van der Waals surface area contributed by atoms with Crippen molar-refractivity contribution in [2.45, 2.75) is 37.5 Å². The highest BCUT2D eigenvalue weighted by molar-refractivity contribution is 6.41. The fraction of sp³-hybridized carbons (Fsp3) is 1.00.